The van der Waals surface area contributed by atoms with Gasteiger partial charge in [-0.05, 0) is 53.5 Å². The molecule has 2 unspecified atom stereocenters. The van der Waals surface area contributed by atoms with Gasteiger partial charge in [0, 0.05) is 0 Å². The Morgan fingerprint density at radius 1 is 0.905 bits per heavy atom. The van der Waals surface area contributed by atoms with E-state index in [0.29, 0.717) is 6.04 Å². The molecule has 1 N–H and O–H groups in total. The highest BCUT2D eigenvalue weighted by Crippen LogP contribution is 2.43. The average Bonchev–Trinajstić information content (AvgIpc) is 3.07. The predicted molar refractivity (Wildman–Crippen MR) is 88.2 cm³/mol. The van der Waals surface area contributed by atoms with Crippen LogP contribution >= 0.6 is 0 Å². The second kappa shape index (κ2) is 5.31. The molecule has 0 saturated heterocycles. The van der Waals surface area contributed by atoms with E-state index in [2.05, 4.69) is 60.8 Å². The van der Waals surface area contributed by atoms with Crippen molar-refractivity contribution in [1.82, 2.24) is 5.32 Å². The van der Waals surface area contributed by atoms with Gasteiger partial charge in [-0.1, -0.05) is 61.9 Å². The molecule has 4 rings (SSSR count). The first kappa shape index (κ1) is 13.1. The number of fused-ring (bicyclic) bond motifs is 3. The predicted octanol–water partition coefficient (Wildman–Crippen LogP) is 4.78. The zero-order valence-corrected chi connectivity index (χ0v) is 12.7. The third-order valence-corrected chi connectivity index (χ3v) is 5.25. The standard InChI is InChI=1S/C20H23N/c1-14-10-11-15(12-14)13-21-20-18-8-4-2-6-16(18)17-7-3-5-9-19(17)20/h2-9,14-15,20-21H,10-13H2,1H3. The minimum atomic E-state index is 0.383. The van der Waals surface area contributed by atoms with Crippen LogP contribution < -0.4 is 5.32 Å². The number of nitrogens with one attached hydrogen (secondary N) is 1. The Balaban J connectivity index is 1.60. The fraction of sp³-hybridized carbons (Fsp3) is 0.400. The summed E-state index contributed by atoms with van der Waals surface area (Å²) in [5.41, 5.74) is 5.71. The molecule has 2 aliphatic rings. The van der Waals surface area contributed by atoms with Gasteiger partial charge in [0.1, 0.15) is 0 Å². The summed E-state index contributed by atoms with van der Waals surface area (Å²) in [6.07, 6.45) is 4.19. The lowest BCUT2D eigenvalue weighted by molar-refractivity contribution is 0.452. The second-order valence-electron chi connectivity index (χ2n) is 6.80. The first-order valence-corrected chi connectivity index (χ1v) is 8.24. The molecule has 1 saturated carbocycles. The van der Waals surface area contributed by atoms with Crippen LogP contribution in [0.25, 0.3) is 11.1 Å². The third kappa shape index (κ3) is 2.30. The molecule has 0 aliphatic heterocycles. The van der Waals surface area contributed by atoms with Crippen molar-refractivity contribution in [2.24, 2.45) is 11.8 Å². The molecule has 21 heavy (non-hydrogen) atoms. The van der Waals surface area contributed by atoms with Gasteiger partial charge >= 0.3 is 0 Å². The number of rotatable bonds is 3. The van der Waals surface area contributed by atoms with Gasteiger partial charge in [-0.3, -0.25) is 0 Å². The fourth-order valence-corrected chi connectivity index (χ4v) is 4.17. The number of hydrogen-bond acceptors (Lipinski definition) is 1. The maximum Gasteiger partial charge on any atom is 0.0589 e. The molecule has 0 amide bonds. The van der Waals surface area contributed by atoms with Crippen molar-refractivity contribution in [3.63, 3.8) is 0 Å². The number of hydrogen-bond donors (Lipinski definition) is 1. The summed E-state index contributed by atoms with van der Waals surface area (Å²) in [6, 6.07) is 18.1. The van der Waals surface area contributed by atoms with Crippen molar-refractivity contribution in [1.29, 1.82) is 0 Å². The van der Waals surface area contributed by atoms with Crippen molar-refractivity contribution in [3.05, 3.63) is 59.7 Å². The molecular formula is C20H23N. The highest BCUT2D eigenvalue weighted by molar-refractivity contribution is 5.78. The Kier molecular flexibility index (Phi) is 3.31. The van der Waals surface area contributed by atoms with Crippen LogP contribution in [0.2, 0.25) is 0 Å². The fourth-order valence-electron chi connectivity index (χ4n) is 4.17. The van der Waals surface area contributed by atoms with Gasteiger partial charge in [0.25, 0.3) is 0 Å². The normalized spacial score (nSPS) is 24.0. The molecule has 0 bridgehead atoms. The Morgan fingerprint density at radius 3 is 2.10 bits per heavy atom. The van der Waals surface area contributed by atoms with E-state index < -0.39 is 0 Å². The third-order valence-electron chi connectivity index (χ3n) is 5.25. The van der Waals surface area contributed by atoms with Crippen LogP contribution in [-0.2, 0) is 0 Å². The Morgan fingerprint density at radius 2 is 1.52 bits per heavy atom. The summed E-state index contributed by atoms with van der Waals surface area (Å²) in [5, 5.41) is 3.86. The first-order chi connectivity index (χ1) is 10.3. The van der Waals surface area contributed by atoms with Gasteiger partial charge in [-0.2, -0.15) is 0 Å². The summed E-state index contributed by atoms with van der Waals surface area (Å²) in [4.78, 5) is 0. The summed E-state index contributed by atoms with van der Waals surface area (Å²) in [7, 11) is 0. The zero-order chi connectivity index (χ0) is 14.2. The quantitative estimate of drug-likeness (QED) is 0.851. The molecular weight excluding hydrogens is 254 g/mol. The van der Waals surface area contributed by atoms with Crippen molar-refractivity contribution in [2.75, 3.05) is 6.54 Å². The lowest BCUT2D eigenvalue weighted by Crippen LogP contribution is -2.26. The first-order valence-electron chi connectivity index (χ1n) is 8.24. The molecule has 2 aliphatic carbocycles. The van der Waals surface area contributed by atoms with Gasteiger partial charge in [-0.15, -0.1) is 0 Å². The van der Waals surface area contributed by atoms with Crippen LogP contribution in [-0.4, -0.2) is 6.54 Å². The number of benzene rings is 2. The van der Waals surface area contributed by atoms with E-state index in [0.717, 1.165) is 18.4 Å². The monoisotopic (exact) mass is 277 g/mol. The minimum absolute atomic E-state index is 0.383. The Bertz CT molecular complexity index is 600. The Hall–Kier alpha value is -1.60. The minimum Gasteiger partial charge on any atom is -0.306 e. The van der Waals surface area contributed by atoms with Gasteiger partial charge in [0.2, 0.25) is 0 Å². The van der Waals surface area contributed by atoms with Crippen LogP contribution in [0.5, 0.6) is 0 Å². The lowest BCUT2D eigenvalue weighted by Gasteiger charge is -2.19. The van der Waals surface area contributed by atoms with Crippen molar-refractivity contribution >= 4 is 0 Å². The molecule has 2 atom stereocenters. The van der Waals surface area contributed by atoms with Crippen LogP contribution in [0, 0.1) is 11.8 Å². The van der Waals surface area contributed by atoms with Crippen molar-refractivity contribution < 1.29 is 0 Å². The zero-order valence-electron chi connectivity index (χ0n) is 12.7. The second-order valence-corrected chi connectivity index (χ2v) is 6.80. The molecule has 0 heterocycles. The highest BCUT2D eigenvalue weighted by atomic mass is 14.9. The van der Waals surface area contributed by atoms with Crippen molar-refractivity contribution in [2.45, 2.75) is 32.2 Å². The van der Waals surface area contributed by atoms with E-state index in [1.165, 1.54) is 41.5 Å². The molecule has 1 nitrogen and oxygen atoms in total. The van der Waals surface area contributed by atoms with Crippen molar-refractivity contribution in [3.8, 4) is 11.1 Å². The molecule has 0 spiro atoms. The van der Waals surface area contributed by atoms with E-state index in [9.17, 15) is 0 Å². The van der Waals surface area contributed by atoms with Crippen LogP contribution in [0.15, 0.2) is 48.5 Å². The van der Waals surface area contributed by atoms with Gasteiger partial charge < -0.3 is 5.32 Å². The van der Waals surface area contributed by atoms with Gasteiger partial charge in [0.15, 0.2) is 0 Å². The lowest BCUT2D eigenvalue weighted by atomic mass is 10.0. The summed E-state index contributed by atoms with van der Waals surface area (Å²) in [6.45, 7) is 3.54. The Labute approximate surface area is 127 Å². The summed E-state index contributed by atoms with van der Waals surface area (Å²) >= 11 is 0. The molecule has 2 aromatic carbocycles. The van der Waals surface area contributed by atoms with E-state index in [1.807, 2.05) is 0 Å². The topological polar surface area (TPSA) is 12.0 Å². The summed E-state index contributed by atoms with van der Waals surface area (Å²) < 4.78 is 0. The van der Waals surface area contributed by atoms with Gasteiger partial charge in [0.05, 0.1) is 6.04 Å². The molecule has 1 heteroatoms. The molecule has 108 valence electrons. The van der Waals surface area contributed by atoms with E-state index in [-0.39, 0.29) is 0 Å². The van der Waals surface area contributed by atoms with E-state index >= 15 is 0 Å². The smallest absolute Gasteiger partial charge is 0.0589 e. The van der Waals surface area contributed by atoms with E-state index in [4.69, 9.17) is 0 Å². The largest absolute Gasteiger partial charge is 0.306 e. The molecule has 0 radical (unpaired) electrons. The van der Waals surface area contributed by atoms with Crippen LogP contribution in [0.4, 0.5) is 0 Å². The van der Waals surface area contributed by atoms with E-state index in [1.54, 1.807) is 0 Å². The maximum atomic E-state index is 3.86. The SMILES string of the molecule is CC1CCC(CNC2c3ccccc3-c3ccccc32)C1. The average molecular weight is 277 g/mol. The summed E-state index contributed by atoms with van der Waals surface area (Å²) in [5.74, 6) is 1.78. The molecule has 0 aromatic heterocycles. The van der Waals surface area contributed by atoms with Crippen LogP contribution in [0.1, 0.15) is 43.4 Å². The molecule has 1 fully saturated rings. The van der Waals surface area contributed by atoms with Gasteiger partial charge in [-0.25, -0.2) is 0 Å². The highest BCUT2D eigenvalue weighted by Gasteiger charge is 2.29. The van der Waals surface area contributed by atoms with Crippen LogP contribution in [0.3, 0.4) is 0 Å². The maximum absolute atomic E-state index is 3.86. The molecule has 2 aromatic rings.